The third kappa shape index (κ3) is 4.03. The van der Waals surface area contributed by atoms with Crippen LogP contribution in [0, 0.1) is 5.92 Å². The number of amides is 1. The van der Waals surface area contributed by atoms with Gasteiger partial charge in [0.05, 0.1) is 5.75 Å². The van der Waals surface area contributed by atoms with Crippen LogP contribution in [0.3, 0.4) is 0 Å². The molecule has 1 saturated carbocycles. The van der Waals surface area contributed by atoms with E-state index >= 15 is 0 Å². The van der Waals surface area contributed by atoms with Gasteiger partial charge in [0.15, 0.2) is 0 Å². The van der Waals surface area contributed by atoms with Crippen molar-refractivity contribution in [3.05, 3.63) is 58.6 Å². The van der Waals surface area contributed by atoms with Crippen LogP contribution in [-0.4, -0.2) is 20.4 Å². The molecule has 0 radical (unpaired) electrons. The van der Waals surface area contributed by atoms with E-state index in [-0.39, 0.29) is 17.7 Å². The summed E-state index contributed by atoms with van der Waals surface area (Å²) in [4.78, 5) is 14.4. The molecule has 1 aliphatic carbocycles. The van der Waals surface area contributed by atoms with Crippen LogP contribution in [-0.2, 0) is 27.0 Å². The fraction of sp³-hybridized carbons (Fsp3) is 0.381. The molecule has 4 rings (SSSR count). The van der Waals surface area contributed by atoms with E-state index in [1.807, 2.05) is 17.0 Å². The number of nitrogens with one attached hydrogen (secondary N) is 1. The molecule has 0 saturated heterocycles. The molecule has 28 heavy (non-hydrogen) atoms. The Morgan fingerprint density at radius 3 is 2.50 bits per heavy atom. The van der Waals surface area contributed by atoms with Crippen molar-refractivity contribution in [1.82, 2.24) is 0 Å². The Kier molecular flexibility index (Phi) is 5.10. The molecule has 0 bridgehead atoms. The zero-order chi connectivity index (χ0) is 19.9. The predicted octanol–water partition coefficient (Wildman–Crippen LogP) is 4.36. The van der Waals surface area contributed by atoms with E-state index in [4.69, 9.17) is 11.6 Å². The van der Waals surface area contributed by atoms with Gasteiger partial charge >= 0.3 is 0 Å². The summed E-state index contributed by atoms with van der Waals surface area (Å²) in [5.74, 6) is 0.703. The van der Waals surface area contributed by atoms with Gasteiger partial charge in [-0.1, -0.05) is 30.7 Å². The molecule has 1 amide bonds. The van der Waals surface area contributed by atoms with Gasteiger partial charge in [0.25, 0.3) is 0 Å². The topological polar surface area (TPSA) is 66.5 Å². The van der Waals surface area contributed by atoms with Gasteiger partial charge in [0.1, 0.15) is 0 Å². The van der Waals surface area contributed by atoms with Crippen molar-refractivity contribution in [2.45, 2.75) is 44.4 Å². The van der Waals surface area contributed by atoms with Gasteiger partial charge in [0, 0.05) is 28.9 Å². The Labute approximate surface area is 170 Å². The number of hydrogen-bond donors (Lipinski definition) is 1. The molecule has 0 aromatic heterocycles. The number of carbonyl (C=O) groups excluding carboxylic acids is 1. The van der Waals surface area contributed by atoms with Crippen molar-refractivity contribution in [2.24, 2.45) is 5.92 Å². The van der Waals surface area contributed by atoms with Crippen LogP contribution in [0.2, 0.25) is 5.02 Å². The highest BCUT2D eigenvalue weighted by atomic mass is 35.5. The number of carbonyl (C=O) groups is 1. The van der Waals surface area contributed by atoms with Crippen molar-refractivity contribution >= 4 is 38.9 Å². The number of halogens is 1. The largest absolute Gasteiger partial charge is 0.309 e. The second-order valence-corrected chi connectivity index (χ2v) is 9.98. The van der Waals surface area contributed by atoms with Crippen LogP contribution in [0.5, 0.6) is 0 Å². The van der Waals surface area contributed by atoms with Crippen molar-refractivity contribution < 1.29 is 13.2 Å². The maximum absolute atomic E-state index is 12.5. The molecule has 7 heteroatoms. The Balaban J connectivity index is 1.52. The quantitative estimate of drug-likeness (QED) is 0.784. The van der Waals surface area contributed by atoms with Gasteiger partial charge in [-0.2, -0.15) is 0 Å². The molecule has 2 aromatic carbocycles. The first-order valence-electron chi connectivity index (χ1n) is 9.51. The average Bonchev–Trinajstić information content (AvgIpc) is 2.61. The molecule has 0 spiro atoms. The van der Waals surface area contributed by atoms with Gasteiger partial charge in [-0.15, -0.1) is 0 Å². The van der Waals surface area contributed by atoms with E-state index in [0.717, 1.165) is 24.1 Å². The molecule has 1 aliphatic heterocycles. The van der Waals surface area contributed by atoms with Crippen LogP contribution >= 0.6 is 11.6 Å². The van der Waals surface area contributed by atoms with Crippen LogP contribution in [0.1, 0.15) is 37.3 Å². The molecule has 1 fully saturated rings. The van der Waals surface area contributed by atoms with E-state index in [9.17, 15) is 13.2 Å². The van der Waals surface area contributed by atoms with Gasteiger partial charge in [0.2, 0.25) is 15.9 Å². The third-order valence-electron chi connectivity index (χ3n) is 5.47. The highest BCUT2D eigenvalue weighted by Gasteiger charge is 2.37. The molecule has 1 N–H and O–H groups in total. The summed E-state index contributed by atoms with van der Waals surface area (Å²) in [5.41, 5.74) is 3.15. The van der Waals surface area contributed by atoms with E-state index < -0.39 is 10.0 Å². The fourth-order valence-corrected chi connectivity index (χ4v) is 5.38. The molecule has 148 valence electrons. The highest BCUT2D eigenvalue weighted by Crippen LogP contribution is 2.39. The lowest BCUT2D eigenvalue weighted by Crippen LogP contribution is -2.49. The van der Waals surface area contributed by atoms with Crippen molar-refractivity contribution in [2.75, 3.05) is 9.62 Å². The Hall–Kier alpha value is -2.05. The molecule has 2 aliphatic rings. The summed E-state index contributed by atoms with van der Waals surface area (Å²) < 4.78 is 27.7. The van der Waals surface area contributed by atoms with Gasteiger partial charge in [-0.05, 0) is 66.6 Å². The molecule has 1 heterocycles. The van der Waals surface area contributed by atoms with E-state index in [0.29, 0.717) is 35.0 Å². The predicted molar refractivity (Wildman–Crippen MR) is 112 cm³/mol. The minimum atomic E-state index is -3.54. The number of rotatable bonds is 5. The SMILES string of the molecule is CC1CC(N2C(=O)CCc3cc(NS(=O)(=O)Cc4ccc(Cl)cc4)ccc32)C1. The monoisotopic (exact) mass is 418 g/mol. The first-order chi connectivity index (χ1) is 13.3. The number of nitrogens with zero attached hydrogens (tertiary/aromatic N) is 1. The molecule has 5 nitrogen and oxygen atoms in total. The minimum absolute atomic E-state index is 0.119. The lowest BCUT2D eigenvalue weighted by atomic mass is 9.79. The van der Waals surface area contributed by atoms with Crippen LogP contribution in [0.4, 0.5) is 11.4 Å². The number of hydrogen-bond acceptors (Lipinski definition) is 3. The normalized spacial score (nSPS) is 21.8. The van der Waals surface area contributed by atoms with Crippen LogP contribution in [0.25, 0.3) is 0 Å². The number of anilines is 2. The fourth-order valence-electron chi connectivity index (χ4n) is 4.07. The smallest absolute Gasteiger partial charge is 0.236 e. The zero-order valence-electron chi connectivity index (χ0n) is 15.7. The number of aryl methyl sites for hydroxylation is 1. The lowest BCUT2D eigenvalue weighted by molar-refractivity contribution is -0.119. The Bertz CT molecular complexity index is 999. The Morgan fingerprint density at radius 2 is 1.82 bits per heavy atom. The van der Waals surface area contributed by atoms with Crippen molar-refractivity contribution in [1.29, 1.82) is 0 Å². The maximum Gasteiger partial charge on any atom is 0.236 e. The van der Waals surface area contributed by atoms with Gasteiger partial charge in [-0.25, -0.2) is 8.42 Å². The zero-order valence-corrected chi connectivity index (χ0v) is 17.3. The minimum Gasteiger partial charge on any atom is -0.309 e. The van der Waals surface area contributed by atoms with Crippen LogP contribution in [0.15, 0.2) is 42.5 Å². The van der Waals surface area contributed by atoms with Gasteiger partial charge < -0.3 is 4.90 Å². The van der Waals surface area contributed by atoms with Gasteiger partial charge in [-0.3, -0.25) is 9.52 Å². The molecule has 2 aromatic rings. The van der Waals surface area contributed by atoms with E-state index in [2.05, 4.69) is 11.6 Å². The first-order valence-corrected chi connectivity index (χ1v) is 11.5. The number of sulfonamides is 1. The highest BCUT2D eigenvalue weighted by molar-refractivity contribution is 7.91. The summed E-state index contributed by atoms with van der Waals surface area (Å²) in [7, 11) is -3.54. The standard InChI is InChI=1S/C21H23ClN2O3S/c1-14-10-19(11-14)24-20-8-7-18(12-16(20)4-9-21(24)25)23-28(26,27)13-15-2-5-17(22)6-3-15/h2-3,5-8,12,14,19,23H,4,9-11,13H2,1H3. The molecule has 0 atom stereocenters. The summed E-state index contributed by atoms with van der Waals surface area (Å²) >= 11 is 5.85. The second-order valence-electron chi connectivity index (χ2n) is 7.83. The molecule has 0 unspecified atom stereocenters. The number of benzene rings is 2. The van der Waals surface area contributed by atoms with E-state index in [1.54, 1.807) is 30.3 Å². The van der Waals surface area contributed by atoms with E-state index in [1.165, 1.54) is 0 Å². The molecular weight excluding hydrogens is 396 g/mol. The molecular formula is C21H23ClN2O3S. The lowest BCUT2D eigenvalue weighted by Gasteiger charge is -2.44. The van der Waals surface area contributed by atoms with Crippen LogP contribution < -0.4 is 9.62 Å². The summed E-state index contributed by atoms with van der Waals surface area (Å²) in [5, 5.41) is 0.573. The summed E-state index contributed by atoms with van der Waals surface area (Å²) in [6.45, 7) is 2.20. The summed E-state index contributed by atoms with van der Waals surface area (Å²) in [6.07, 6.45) is 3.17. The average molecular weight is 419 g/mol. The van der Waals surface area contributed by atoms with Crippen molar-refractivity contribution in [3.63, 3.8) is 0 Å². The maximum atomic E-state index is 12.5. The van der Waals surface area contributed by atoms with Crippen molar-refractivity contribution in [3.8, 4) is 0 Å². The number of fused-ring (bicyclic) bond motifs is 1. The Morgan fingerprint density at radius 1 is 1.11 bits per heavy atom. The second kappa shape index (κ2) is 7.41. The first kappa shape index (κ1) is 19.3. The summed E-state index contributed by atoms with van der Waals surface area (Å²) in [6, 6.07) is 12.5. The third-order valence-corrected chi connectivity index (χ3v) is 6.99.